The Morgan fingerprint density at radius 3 is 2.42 bits per heavy atom. The van der Waals surface area contributed by atoms with Crippen LogP contribution in [0.25, 0.3) is 0 Å². The summed E-state index contributed by atoms with van der Waals surface area (Å²) in [6.07, 6.45) is 0. The van der Waals surface area contributed by atoms with Crippen LogP contribution in [0.15, 0.2) is 6.07 Å². The Balaban J connectivity index is 3.19. The molecule has 1 amide bonds. The summed E-state index contributed by atoms with van der Waals surface area (Å²) in [5.41, 5.74) is 11.7. The predicted molar refractivity (Wildman–Crippen MR) is 76.8 cm³/mol. The molecule has 5 nitrogen and oxygen atoms in total. The summed E-state index contributed by atoms with van der Waals surface area (Å²) in [7, 11) is 3.26. The third kappa shape index (κ3) is 3.20. The fourth-order valence-electron chi connectivity index (χ4n) is 1.63. The molecule has 0 saturated heterocycles. The zero-order chi connectivity index (χ0) is 14.7. The number of rotatable bonds is 4. The van der Waals surface area contributed by atoms with Gasteiger partial charge in [0.25, 0.3) is 0 Å². The summed E-state index contributed by atoms with van der Waals surface area (Å²) in [4.78, 5) is 14.7. The largest absolute Gasteiger partial charge is 0.397 e. The maximum Gasteiger partial charge on any atom is 0.241 e. The molecule has 0 saturated carbocycles. The Morgan fingerprint density at radius 1 is 1.37 bits per heavy atom. The zero-order valence-electron chi connectivity index (χ0n) is 11.2. The molecule has 0 atom stereocenters. The third-order valence-corrected chi connectivity index (χ3v) is 3.15. The Labute approximate surface area is 116 Å². The number of hydrogen-bond acceptors (Lipinski definition) is 4. The minimum Gasteiger partial charge on any atom is -0.397 e. The fourth-order valence-corrected chi connectivity index (χ4v) is 1.78. The van der Waals surface area contributed by atoms with E-state index in [0.29, 0.717) is 6.54 Å². The first-order chi connectivity index (χ1) is 8.79. The van der Waals surface area contributed by atoms with Gasteiger partial charge in [0.15, 0.2) is 5.82 Å². The van der Waals surface area contributed by atoms with Crippen LogP contribution >= 0.6 is 11.6 Å². The highest BCUT2D eigenvalue weighted by Gasteiger charge is 2.21. The van der Waals surface area contributed by atoms with Gasteiger partial charge >= 0.3 is 0 Å². The minimum absolute atomic E-state index is 0.0187. The Kier molecular flexibility index (Phi) is 4.83. The summed E-state index contributed by atoms with van der Waals surface area (Å²) < 4.78 is 14.2. The lowest BCUT2D eigenvalue weighted by molar-refractivity contribution is -0.127. The molecule has 0 bridgehead atoms. The number of hydrogen-bond donors (Lipinski definition) is 2. The Morgan fingerprint density at radius 2 is 1.95 bits per heavy atom. The molecule has 19 heavy (non-hydrogen) atoms. The Bertz CT molecular complexity index is 493. The third-order valence-electron chi connectivity index (χ3n) is 2.76. The number of carbonyl (C=O) groups is 1. The number of nitrogens with zero attached hydrogens (tertiary/aromatic N) is 2. The van der Waals surface area contributed by atoms with Crippen molar-refractivity contribution in [3.05, 3.63) is 16.9 Å². The molecule has 0 fully saturated rings. The molecule has 0 unspecified atom stereocenters. The van der Waals surface area contributed by atoms with Crippen molar-refractivity contribution >= 4 is 34.6 Å². The number of nitrogens with two attached hydrogens (primary N) is 2. The number of benzene rings is 1. The van der Waals surface area contributed by atoms with Crippen LogP contribution in [-0.4, -0.2) is 38.0 Å². The van der Waals surface area contributed by atoms with Gasteiger partial charge in [0.2, 0.25) is 5.91 Å². The van der Waals surface area contributed by atoms with Crippen LogP contribution in [0.2, 0.25) is 5.02 Å². The molecule has 1 aromatic carbocycles. The van der Waals surface area contributed by atoms with Crippen molar-refractivity contribution in [2.45, 2.75) is 6.92 Å². The van der Waals surface area contributed by atoms with Crippen molar-refractivity contribution in [2.24, 2.45) is 0 Å². The van der Waals surface area contributed by atoms with Crippen molar-refractivity contribution in [3.8, 4) is 0 Å². The SMILES string of the molecule is CCN(CC(=O)N(C)C)c1c(N)cc(N)c(Cl)c1F. The standard InChI is InChI=1S/C12H18ClFN4O/c1-4-18(6-9(19)17(2)3)12-8(16)5-7(15)10(13)11(12)14/h5H,4,6,15-16H2,1-3H3. The minimum atomic E-state index is -0.701. The van der Waals surface area contributed by atoms with Gasteiger partial charge < -0.3 is 21.3 Å². The number of amides is 1. The average Bonchev–Trinajstić information content (AvgIpc) is 2.34. The molecule has 106 valence electrons. The van der Waals surface area contributed by atoms with Crippen LogP contribution in [0, 0.1) is 5.82 Å². The molecule has 7 heteroatoms. The van der Waals surface area contributed by atoms with E-state index in [-0.39, 0.29) is 34.5 Å². The first-order valence-corrected chi connectivity index (χ1v) is 6.15. The quantitative estimate of drug-likeness (QED) is 0.825. The first kappa shape index (κ1) is 15.4. The van der Waals surface area contributed by atoms with Crippen molar-refractivity contribution < 1.29 is 9.18 Å². The lowest BCUT2D eigenvalue weighted by atomic mass is 10.2. The van der Waals surface area contributed by atoms with Crippen LogP contribution in [0.3, 0.4) is 0 Å². The van der Waals surface area contributed by atoms with Crippen molar-refractivity contribution in [3.63, 3.8) is 0 Å². The number of halogens is 2. The van der Waals surface area contributed by atoms with Crippen LogP contribution in [0.1, 0.15) is 6.92 Å². The van der Waals surface area contributed by atoms with Gasteiger partial charge in [-0.2, -0.15) is 0 Å². The van der Waals surface area contributed by atoms with Crippen molar-refractivity contribution in [2.75, 3.05) is 43.6 Å². The molecule has 4 N–H and O–H groups in total. The van der Waals surface area contributed by atoms with E-state index in [4.69, 9.17) is 23.1 Å². The van der Waals surface area contributed by atoms with Crippen LogP contribution < -0.4 is 16.4 Å². The summed E-state index contributed by atoms with van der Waals surface area (Å²) >= 11 is 5.78. The summed E-state index contributed by atoms with van der Waals surface area (Å²) in [6, 6.07) is 1.39. The van der Waals surface area contributed by atoms with E-state index in [2.05, 4.69) is 0 Å². The second-order valence-electron chi connectivity index (χ2n) is 4.33. The predicted octanol–water partition coefficient (Wildman–Crippen LogP) is 1.56. The van der Waals surface area contributed by atoms with Gasteiger partial charge in [-0.05, 0) is 13.0 Å². The van der Waals surface area contributed by atoms with E-state index >= 15 is 0 Å². The first-order valence-electron chi connectivity index (χ1n) is 5.77. The van der Waals surface area contributed by atoms with Crippen LogP contribution in [-0.2, 0) is 4.79 Å². The number of anilines is 3. The fraction of sp³-hybridized carbons (Fsp3) is 0.417. The van der Waals surface area contributed by atoms with E-state index in [1.165, 1.54) is 15.9 Å². The molecule has 1 rings (SSSR count). The zero-order valence-corrected chi connectivity index (χ0v) is 12.0. The van der Waals surface area contributed by atoms with E-state index in [1.54, 1.807) is 21.0 Å². The number of carbonyl (C=O) groups excluding carboxylic acids is 1. The molecular weight excluding hydrogens is 271 g/mol. The number of likely N-dealkylation sites (N-methyl/N-ethyl adjacent to an activating group) is 2. The van der Waals surface area contributed by atoms with Crippen molar-refractivity contribution in [1.29, 1.82) is 0 Å². The molecule has 0 spiro atoms. The monoisotopic (exact) mass is 288 g/mol. The normalized spacial score (nSPS) is 10.4. The maximum absolute atomic E-state index is 14.2. The summed E-state index contributed by atoms with van der Waals surface area (Å²) in [6.45, 7) is 2.23. The average molecular weight is 289 g/mol. The second-order valence-corrected chi connectivity index (χ2v) is 4.71. The summed E-state index contributed by atoms with van der Waals surface area (Å²) in [5.74, 6) is -0.860. The van der Waals surface area contributed by atoms with E-state index in [1.807, 2.05) is 0 Å². The lowest BCUT2D eigenvalue weighted by Gasteiger charge is -2.26. The lowest BCUT2D eigenvalue weighted by Crippen LogP contribution is -2.37. The van der Waals surface area contributed by atoms with E-state index in [0.717, 1.165) is 0 Å². The maximum atomic E-state index is 14.2. The van der Waals surface area contributed by atoms with Gasteiger partial charge in [-0.15, -0.1) is 0 Å². The highest BCUT2D eigenvalue weighted by molar-refractivity contribution is 6.33. The molecule has 0 heterocycles. The van der Waals surface area contributed by atoms with Crippen LogP contribution in [0.4, 0.5) is 21.5 Å². The molecule has 0 radical (unpaired) electrons. The highest BCUT2D eigenvalue weighted by atomic mass is 35.5. The van der Waals surface area contributed by atoms with E-state index < -0.39 is 5.82 Å². The van der Waals surface area contributed by atoms with Gasteiger partial charge in [0.1, 0.15) is 5.02 Å². The second kappa shape index (κ2) is 5.97. The van der Waals surface area contributed by atoms with Gasteiger partial charge in [-0.3, -0.25) is 4.79 Å². The Hall–Kier alpha value is -1.69. The molecule has 1 aromatic rings. The molecule has 0 aliphatic heterocycles. The number of nitrogen functional groups attached to an aromatic ring is 2. The van der Waals surface area contributed by atoms with Gasteiger partial charge in [0.05, 0.1) is 23.6 Å². The smallest absolute Gasteiger partial charge is 0.241 e. The molecule has 0 aliphatic carbocycles. The van der Waals surface area contributed by atoms with Crippen LogP contribution in [0.5, 0.6) is 0 Å². The van der Waals surface area contributed by atoms with Gasteiger partial charge in [-0.1, -0.05) is 11.6 Å². The van der Waals surface area contributed by atoms with Gasteiger partial charge in [0, 0.05) is 20.6 Å². The van der Waals surface area contributed by atoms with Crippen molar-refractivity contribution in [1.82, 2.24) is 4.90 Å². The van der Waals surface area contributed by atoms with Gasteiger partial charge in [-0.25, -0.2) is 4.39 Å². The highest BCUT2D eigenvalue weighted by Crippen LogP contribution is 2.36. The topological polar surface area (TPSA) is 75.6 Å². The molecule has 0 aromatic heterocycles. The molecular formula is C12H18ClFN4O. The summed E-state index contributed by atoms with van der Waals surface area (Å²) in [5, 5.41) is -0.181. The van der Waals surface area contributed by atoms with E-state index in [9.17, 15) is 9.18 Å². The molecule has 0 aliphatic rings.